The third-order valence-corrected chi connectivity index (χ3v) is 2.27. The molecule has 1 rings (SSSR count). The van der Waals surface area contributed by atoms with E-state index in [1.807, 2.05) is 0 Å². The third-order valence-electron chi connectivity index (χ3n) is 2.27. The van der Waals surface area contributed by atoms with Crippen molar-refractivity contribution in [3.8, 4) is 0 Å². The van der Waals surface area contributed by atoms with Crippen molar-refractivity contribution >= 4 is 5.91 Å². The van der Waals surface area contributed by atoms with Gasteiger partial charge in [-0.2, -0.15) is 0 Å². The minimum absolute atomic E-state index is 0.462. The lowest BCUT2D eigenvalue weighted by atomic mass is 10.8. The highest BCUT2D eigenvalue weighted by Crippen LogP contribution is 2.19. The number of ether oxygens (including phenoxy) is 1. The van der Waals surface area contributed by atoms with Crippen LogP contribution in [0.25, 0.3) is 0 Å². The van der Waals surface area contributed by atoms with Gasteiger partial charge in [0.15, 0.2) is 6.29 Å². The molecule has 1 aliphatic heterocycles. The number of aliphatic hydroxyl groups excluding tert-OH is 4. The van der Waals surface area contributed by atoms with Gasteiger partial charge in [0.1, 0.15) is 24.4 Å². The summed E-state index contributed by atoms with van der Waals surface area (Å²) in [5.74, 6) is -0.462. The van der Waals surface area contributed by atoms with Crippen LogP contribution >= 0.6 is 0 Å². The Morgan fingerprint density at radius 2 is 1.93 bits per heavy atom. The van der Waals surface area contributed by atoms with Gasteiger partial charge in [-0.3, -0.25) is 4.79 Å². The molecule has 1 saturated heterocycles. The zero-order valence-electron chi connectivity index (χ0n) is 8.20. The second-order valence-electron chi connectivity index (χ2n) is 3.46. The van der Waals surface area contributed by atoms with E-state index in [-0.39, 0.29) is 0 Å². The fourth-order valence-corrected chi connectivity index (χ4v) is 1.49. The van der Waals surface area contributed by atoms with E-state index in [2.05, 4.69) is 5.32 Å². The first-order chi connectivity index (χ1) is 6.97. The maximum Gasteiger partial charge on any atom is 0.217 e. The summed E-state index contributed by atoms with van der Waals surface area (Å²) in [4.78, 5) is 10.7. The summed E-state index contributed by atoms with van der Waals surface area (Å²) in [6.07, 6.45) is -5.24. The van der Waals surface area contributed by atoms with Gasteiger partial charge in [-0.05, 0) is 0 Å². The molecule has 0 aromatic carbocycles. The normalized spacial score (nSPS) is 41.3. The summed E-state index contributed by atoms with van der Waals surface area (Å²) in [6.45, 7) is 0.687. The SMILES string of the molecule is CC(=O)[15NH][13C@H]1[13CH](O)O[13C@H]([13CH2]O)[13C@@H](O)[13C@@H]1O. The van der Waals surface area contributed by atoms with Crippen LogP contribution in [0, 0.1) is 0 Å². The number of nitrogens with one attached hydrogen (secondary N) is 1. The van der Waals surface area contributed by atoms with Gasteiger partial charge in [-0.15, -0.1) is 0 Å². The number of rotatable bonds is 2. The van der Waals surface area contributed by atoms with Gasteiger partial charge >= 0.3 is 0 Å². The number of hydrogen-bond acceptors (Lipinski definition) is 6. The highest BCUT2D eigenvalue weighted by Gasteiger charge is 2.43. The number of carbonyl (C=O) groups excluding carboxylic acids is 1. The van der Waals surface area contributed by atoms with E-state index in [0.29, 0.717) is 0 Å². The van der Waals surface area contributed by atoms with Gasteiger partial charge in [0.2, 0.25) is 5.91 Å². The molecule has 0 saturated carbocycles. The summed E-state index contributed by atoms with van der Waals surface area (Å²) in [5.41, 5.74) is 0. The Morgan fingerprint density at radius 1 is 1.33 bits per heavy atom. The Bertz CT molecular complexity index is 235. The minimum Gasteiger partial charge on any atom is -0.394 e. The van der Waals surface area contributed by atoms with Gasteiger partial charge in [-0.25, -0.2) is 0 Å². The molecule has 0 radical (unpaired) electrons. The topological polar surface area (TPSA) is 119 Å². The highest BCUT2D eigenvalue weighted by molar-refractivity contribution is 5.73. The number of aliphatic hydroxyl groups is 4. The lowest BCUT2D eigenvalue weighted by Crippen LogP contribution is -2.63. The van der Waals surface area contributed by atoms with Crippen LogP contribution in [-0.2, 0) is 9.53 Å². The highest BCUT2D eigenvalue weighted by atomic mass is 16.8. The molecule has 0 aliphatic carbocycles. The summed E-state index contributed by atoms with van der Waals surface area (Å²) in [5, 5.41) is 39.4. The van der Waals surface area contributed by atoms with Crippen LogP contribution < -0.4 is 5.32 Å². The van der Waals surface area contributed by atoms with E-state index in [0.717, 1.165) is 0 Å². The van der Waals surface area contributed by atoms with Crippen molar-refractivity contribution in [3.05, 3.63) is 0 Å². The van der Waals surface area contributed by atoms with Gasteiger partial charge < -0.3 is 30.5 Å². The van der Waals surface area contributed by atoms with Gasteiger partial charge in [-0.1, -0.05) is 0 Å². The molecule has 88 valence electrons. The maximum absolute atomic E-state index is 10.7. The van der Waals surface area contributed by atoms with Crippen LogP contribution in [0.15, 0.2) is 0 Å². The fraction of sp³-hybridized carbons (Fsp3) is 0.875. The van der Waals surface area contributed by atoms with Crippen molar-refractivity contribution in [1.82, 2.24) is 5.32 Å². The zero-order valence-corrected chi connectivity index (χ0v) is 8.20. The van der Waals surface area contributed by atoms with Crippen molar-refractivity contribution in [1.29, 1.82) is 0 Å². The number of amides is 1. The molecule has 1 fully saturated rings. The van der Waals surface area contributed by atoms with Crippen molar-refractivity contribution in [2.75, 3.05) is 6.61 Å². The van der Waals surface area contributed by atoms with Gasteiger partial charge in [0, 0.05) is 6.92 Å². The Morgan fingerprint density at radius 3 is 2.40 bits per heavy atom. The summed E-state index contributed by atoms with van der Waals surface area (Å²) >= 11 is 0. The molecule has 0 aromatic heterocycles. The Labute approximate surface area is 86.3 Å². The minimum atomic E-state index is -1.45. The molecule has 0 aromatic rings. The van der Waals surface area contributed by atoms with E-state index in [9.17, 15) is 20.1 Å². The Hall–Kier alpha value is -0.730. The first kappa shape index (κ1) is 12.3. The third kappa shape index (κ3) is 2.64. The molecule has 1 unspecified atom stereocenters. The largest absolute Gasteiger partial charge is 0.394 e. The van der Waals surface area contributed by atoms with Crippen molar-refractivity contribution < 1.29 is 30.0 Å². The van der Waals surface area contributed by atoms with E-state index >= 15 is 0 Å². The van der Waals surface area contributed by atoms with E-state index in [1.54, 1.807) is 0 Å². The molecule has 1 heterocycles. The van der Waals surface area contributed by atoms with Crippen LogP contribution in [0.4, 0.5) is 0 Å². The maximum atomic E-state index is 10.7. The van der Waals surface area contributed by atoms with E-state index < -0.39 is 43.2 Å². The lowest BCUT2D eigenvalue weighted by molar-refractivity contribution is -0.253. The molecule has 1 amide bonds. The molecule has 7 heteroatoms. The Balaban J connectivity index is 2.70. The molecule has 7 nitrogen and oxygen atoms in total. The van der Waals surface area contributed by atoms with Crippen molar-refractivity contribution in [2.45, 2.75) is 37.6 Å². The van der Waals surface area contributed by atoms with Crippen LogP contribution in [0.3, 0.4) is 0 Å². The Kier molecular flexibility index (Phi) is 4.00. The summed E-state index contributed by atoms with van der Waals surface area (Å²) < 4.78 is 4.81. The molecule has 15 heavy (non-hydrogen) atoms. The fourth-order valence-electron chi connectivity index (χ4n) is 1.49. The van der Waals surface area contributed by atoms with Crippen LogP contribution in [0.5, 0.6) is 0 Å². The van der Waals surface area contributed by atoms with E-state index in [4.69, 9.17) is 9.84 Å². The second kappa shape index (κ2) is 4.86. The molecule has 5 atom stereocenters. The number of hydrogen-bond donors (Lipinski definition) is 5. The second-order valence-corrected chi connectivity index (χ2v) is 3.46. The quantitative estimate of drug-likeness (QED) is 0.252. The molecule has 0 spiro atoms. The first-order valence-corrected chi connectivity index (χ1v) is 4.55. The van der Waals surface area contributed by atoms with Crippen molar-refractivity contribution in [2.24, 2.45) is 0 Å². The molecule has 0 bridgehead atoms. The smallest absolute Gasteiger partial charge is 0.217 e. The monoisotopic (exact) mass is 228 g/mol. The predicted octanol–water partition coefficient (Wildman–Crippen LogP) is -3.08. The van der Waals surface area contributed by atoms with Crippen molar-refractivity contribution in [3.63, 3.8) is 0 Å². The van der Waals surface area contributed by atoms with Crippen LogP contribution in [0.2, 0.25) is 0 Å². The molecular weight excluding hydrogens is 213 g/mol. The van der Waals surface area contributed by atoms with Crippen LogP contribution in [-0.4, -0.2) is 63.6 Å². The van der Waals surface area contributed by atoms with E-state index in [1.165, 1.54) is 6.92 Å². The molecule has 1 aliphatic rings. The van der Waals surface area contributed by atoms with Crippen LogP contribution in [0.1, 0.15) is 6.92 Å². The number of carbonyl (C=O) groups is 1. The van der Waals surface area contributed by atoms with Gasteiger partial charge in [0.05, 0.1) is 6.61 Å². The zero-order chi connectivity index (χ0) is 11.6. The lowest BCUT2D eigenvalue weighted by Gasteiger charge is -2.40. The van der Waals surface area contributed by atoms with Gasteiger partial charge in [0.25, 0.3) is 0 Å². The summed E-state index contributed by atoms with van der Waals surface area (Å²) in [6, 6.07) is -1.10. The summed E-state index contributed by atoms with van der Waals surface area (Å²) in [7, 11) is 0. The predicted molar refractivity (Wildman–Crippen MR) is 47.6 cm³/mol. The molecule has 5 N–H and O–H groups in total. The first-order valence-electron chi connectivity index (χ1n) is 4.55. The average Bonchev–Trinajstić information content (AvgIpc) is 2.18. The standard InChI is InChI=1S/C8H15NO6/c1-3(11)9-5-7(13)6(12)4(2-10)15-8(5)14/h4-8,10,12-14H,2H2,1H3,(H,9,11)/t4-,5-,6-,7-,8?/m1/s1/i2+1,4+1,5+1,6+1,7+1,8+1,9+1. The molecular formula is C8H15NO6. The average molecular weight is 228 g/mol.